The van der Waals surface area contributed by atoms with Crippen molar-refractivity contribution >= 4 is 33.3 Å². The van der Waals surface area contributed by atoms with Crippen LogP contribution in [-0.4, -0.2) is 15.3 Å². The molecule has 0 bridgehead atoms. The molecule has 0 spiro atoms. The van der Waals surface area contributed by atoms with Gasteiger partial charge in [0.2, 0.25) is 0 Å². The number of hydrogen-bond acceptors (Lipinski definition) is 2. The summed E-state index contributed by atoms with van der Waals surface area (Å²) in [6, 6.07) is 19.4. The smallest absolute Gasteiger partial charge is 0.256 e. The highest BCUT2D eigenvalue weighted by Crippen LogP contribution is 2.31. The fourth-order valence-electron chi connectivity index (χ4n) is 3.10. The van der Waals surface area contributed by atoms with E-state index in [-0.39, 0.29) is 5.91 Å². The van der Waals surface area contributed by atoms with Crippen LogP contribution in [0.3, 0.4) is 0 Å². The number of imidazole rings is 1. The summed E-state index contributed by atoms with van der Waals surface area (Å²) >= 11 is 3.42. The van der Waals surface area contributed by atoms with Gasteiger partial charge in [-0.05, 0) is 55.3 Å². The lowest BCUT2D eigenvalue weighted by molar-refractivity contribution is 0.102. The number of benzene rings is 2. The number of carbonyl (C=O) groups is 1. The molecular formula is C22H18BrN3O. The van der Waals surface area contributed by atoms with Crippen molar-refractivity contribution in [3.8, 4) is 11.3 Å². The molecule has 0 saturated carbocycles. The van der Waals surface area contributed by atoms with Crippen molar-refractivity contribution in [2.75, 3.05) is 5.32 Å². The number of aromatic nitrogens is 2. The molecule has 2 aromatic heterocycles. The van der Waals surface area contributed by atoms with E-state index in [4.69, 9.17) is 4.98 Å². The maximum absolute atomic E-state index is 12.9. The van der Waals surface area contributed by atoms with Crippen molar-refractivity contribution in [1.82, 2.24) is 9.38 Å². The molecule has 0 aliphatic heterocycles. The lowest BCUT2D eigenvalue weighted by Crippen LogP contribution is -2.14. The first-order chi connectivity index (χ1) is 13.0. The van der Waals surface area contributed by atoms with Crippen molar-refractivity contribution in [2.24, 2.45) is 0 Å². The number of anilines is 1. The van der Waals surface area contributed by atoms with Gasteiger partial charge in [0.15, 0.2) is 0 Å². The van der Waals surface area contributed by atoms with Crippen LogP contribution in [0, 0.1) is 13.8 Å². The van der Waals surface area contributed by atoms with Crippen LogP contribution in [0.1, 0.15) is 21.5 Å². The summed E-state index contributed by atoms with van der Waals surface area (Å²) in [5, 5.41) is 3.06. The van der Waals surface area contributed by atoms with Crippen LogP contribution in [0.4, 0.5) is 5.82 Å². The minimum atomic E-state index is -0.173. The number of nitrogens with one attached hydrogen (secondary N) is 1. The summed E-state index contributed by atoms with van der Waals surface area (Å²) < 4.78 is 2.79. The van der Waals surface area contributed by atoms with E-state index in [0.717, 1.165) is 32.5 Å². The first-order valence-electron chi connectivity index (χ1n) is 8.64. The van der Waals surface area contributed by atoms with Crippen molar-refractivity contribution in [1.29, 1.82) is 0 Å². The second-order valence-corrected chi connectivity index (χ2v) is 7.44. The normalized spacial score (nSPS) is 10.9. The molecule has 0 fully saturated rings. The zero-order valence-corrected chi connectivity index (χ0v) is 16.6. The third-order valence-electron chi connectivity index (χ3n) is 4.50. The van der Waals surface area contributed by atoms with Crippen LogP contribution in [0.15, 0.2) is 71.3 Å². The predicted molar refractivity (Wildman–Crippen MR) is 112 cm³/mol. The maximum atomic E-state index is 12.9. The molecule has 5 heteroatoms. The van der Waals surface area contributed by atoms with Gasteiger partial charge in [0, 0.05) is 21.8 Å². The van der Waals surface area contributed by atoms with Crippen LogP contribution in [-0.2, 0) is 0 Å². The topological polar surface area (TPSA) is 46.4 Å². The minimum Gasteiger partial charge on any atom is -0.306 e. The Balaban J connectivity index is 1.86. The largest absolute Gasteiger partial charge is 0.306 e. The number of rotatable bonds is 3. The van der Waals surface area contributed by atoms with Crippen molar-refractivity contribution in [3.05, 3.63) is 88.0 Å². The summed E-state index contributed by atoms with van der Waals surface area (Å²) in [4.78, 5) is 17.7. The Morgan fingerprint density at radius 2 is 1.85 bits per heavy atom. The third-order valence-corrected chi connectivity index (χ3v) is 4.99. The first-order valence-corrected chi connectivity index (χ1v) is 9.44. The molecular weight excluding hydrogens is 402 g/mol. The predicted octanol–water partition coefficient (Wildman–Crippen LogP) is 5.63. The van der Waals surface area contributed by atoms with Gasteiger partial charge in [0.25, 0.3) is 5.91 Å². The van der Waals surface area contributed by atoms with Crippen LogP contribution >= 0.6 is 15.9 Å². The Hall–Kier alpha value is -2.92. The molecule has 4 aromatic rings. The molecule has 1 N–H and O–H groups in total. The van der Waals surface area contributed by atoms with Gasteiger partial charge in [-0.2, -0.15) is 0 Å². The van der Waals surface area contributed by atoms with Gasteiger partial charge >= 0.3 is 0 Å². The molecule has 0 atom stereocenters. The third kappa shape index (κ3) is 3.38. The fourth-order valence-corrected chi connectivity index (χ4v) is 3.50. The number of halogens is 1. The van der Waals surface area contributed by atoms with Gasteiger partial charge in [0.1, 0.15) is 17.2 Å². The number of carbonyl (C=O) groups excluding carboxylic acids is 1. The number of nitrogens with zero attached hydrogens (tertiary/aromatic N) is 2. The Labute approximate surface area is 166 Å². The molecule has 134 valence electrons. The van der Waals surface area contributed by atoms with E-state index in [1.54, 1.807) is 12.1 Å². The van der Waals surface area contributed by atoms with Crippen LogP contribution < -0.4 is 5.32 Å². The van der Waals surface area contributed by atoms with Crippen LogP contribution in [0.25, 0.3) is 16.9 Å². The van der Waals surface area contributed by atoms with E-state index in [1.165, 1.54) is 0 Å². The molecule has 1 amide bonds. The van der Waals surface area contributed by atoms with E-state index >= 15 is 0 Å². The lowest BCUT2D eigenvalue weighted by atomic mass is 10.1. The first kappa shape index (κ1) is 17.5. The van der Waals surface area contributed by atoms with E-state index in [2.05, 4.69) is 21.2 Å². The Morgan fingerprint density at radius 1 is 1.04 bits per heavy atom. The molecule has 0 unspecified atom stereocenters. The Morgan fingerprint density at radius 3 is 2.63 bits per heavy atom. The number of pyridine rings is 1. The molecule has 0 radical (unpaired) electrons. The monoisotopic (exact) mass is 419 g/mol. The zero-order chi connectivity index (χ0) is 19.0. The second-order valence-electron chi connectivity index (χ2n) is 6.52. The van der Waals surface area contributed by atoms with E-state index in [0.29, 0.717) is 11.4 Å². The maximum Gasteiger partial charge on any atom is 0.256 e. The van der Waals surface area contributed by atoms with Gasteiger partial charge < -0.3 is 5.32 Å². The molecule has 0 saturated heterocycles. The zero-order valence-electron chi connectivity index (χ0n) is 15.0. The van der Waals surface area contributed by atoms with Gasteiger partial charge in [-0.25, -0.2) is 4.98 Å². The van der Waals surface area contributed by atoms with Gasteiger partial charge in [0.05, 0.1) is 0 Å². The lowest BCUT2D eigenvalue weighted by Gasteiger charge is -2.10. The van der Waals surface area contributed by atoms with Crippen LogP contribution in [0.2, 0.25) is 0 Å². The summed E-state index contributed by atoms with van der Waals surface area (Å²) in [7, 11) is 0. The highest BCUT2D eigenvalue weighted by atomic mass is 79.9. The Bertz CT molecular complexity index is 1160. The number of aryl methyl sites for hydroxylation is 2. The van der Waals surface area contributed by atoms with Crippen molar-refractivity contribution in [3.63, 3.8) is 0 Å². The summed E-state index contributed by atoms with van der Waals surface area (Å²) in [5.41, 5.74) is 5.38. The minimum absolute atomic E-state index is 0.173. The van der Waals surface area contributed by atoms with Crippen molar-refractivity contribution < 1.29 is 4.79 Å². The van der Waals surface area contributed by atoms with Gasteiger partial charge in [-0.3, -0.25) is 9.20 Å². The quantitative estimate of drug-likeness (QED) is 0.467. The highest BCUT2D eigenvalue weighted by molar-refractivity contribution is 9.10. The number of fused-ring (bicyclic) bond motifs is 1. The van der Waals surface area contributed by atoms with Gasteiger partial charge in [-0.1, -0.05) is 46.3 Å². The summed E-state index contributed by atoms with van der Waals surface area (Å²) in [6.45, 7) is 4.08. The number of amides is 1. The molecule has 27 heavy (non-hydrogen) atoms. The SMILES string of the molecule is Cc1ccn2c(NC(=O)c3cccc(Br)c3)c(-c3ccccc3C)nc2c1. The average Bonchev–Trinajstić information content (AvgIpc) is 2.99. The van der Waals surface area contributed by atoms with E-state index in [9.17, 15) is 4.79 Å². The van der Waals surface area contributed by atoms with Crippen molar-refractivity contribution in [2.45, 2.75) is 13.8 Å². The van der Waals surface area contributed by atoms with E-state index < -0.39 is 0 Å². The Kier molecular flexibility index (Phi) is 4.54. The van der Waals surface area contributed by atoms with E-state index in [1.807, 2.05) is 73.0 Å². The molecule has 4 rings (SSSR count). The highest BCUT2D eigenvalue weighted by Gasteiger charge is 2.18. The molecule has 0 aliphatic carbocycles. The second kappa shape index (κ2) is 7.00. The average molecular weight is 420 g/mol. The molecule has 2 heterocycles. The molecule has 0 aliphatic rings. The van der Waals surface area contributed by atoms with Crippen LogP contribution in [0.5, 0.6) is 0 Å². The standard InChI is InChI=1S/C22H18BrN3O/c1-14-10-11-26-19(12-14)24-20(18-9-4-3-6-15(18)2)21(26)25-22(27)16-7-5-8-17(23)13-16/h3-13H,1-2H3,(H,25,27). The molecule has 2 aromatic carbocycles. The fraction of sp³-hybridized carbons (Fsp3) is 0.0909. The summed E-state index contributed by atoms with van der Waals surface area (Å²) in [5.74, 6) is 0.498. The van der Waals surface area contributed by atoms with Gasteiger partial charge in [-0.15, -0.1) is 0 Å². The number of hydrogen-bond donors (Lipinski definition) is 1. The molecule has 4 nitrogen and oxygen atoms in total. The summed E-state index contributed by atoms with van der Waals surface area (Å²) in [6.07, 6.45) is 1.94.